The van der Waals surface area contributed by atoms with E-state index in [0.717, 1.165) is 3.57 Å². The Hall–Kier alpha value is -1.17. The number of benzene rings is 1. The van der Waals surface area contributed by atoms with Crippen LogP contribution in [0.2, 0.25) is 0 Å². The molecule has 0 unspecified atom stereocenters. The third kappa shape index (κ3) is 2.26. The third-order valence-electron chi connectivity index (χ3n) is 2.02. The fourth-order valence-electron chi connectivity index (χ4n) is 1.31. The van der Waals surface area contributed by atoms with Crippen molar-refractivity contribution in [3.05, 3.63) is 51.6 Å². The van der Waals surface area contributed by atoms with Gasteiger partial charge in [-0.25, -0.2) is 4.98 Å². The van der Waals surface area contributed by atoms with Crippen molar-refractivity contribution < 1.29 is 4.79 Å². The van der Waals surface area contributed by atoms with Gasteiger partial charge in [-0.1, -0.05) is 12.1 Å². The van der Waals surface area contributed by atoms with Gasteiger partial charge < -0.3 is 4.57 Å². The van der Waals surface area contributed by atoms with Crippen molar-refractivity contribution in [1.29, 1.82) is 0 Å². The van der Waals surface area contributed by atoms with Gasteiger partial charge in [-0.15, -0.1) is 0 Å². The van der Waals surface area contributed by atoms with E-state index in [4.69, 9.17) is 0 Å². The van der Waals surface area contributed by atoms with E-state index in [1.807, 2.05) is 25.2 Å². The summed E-state index contributed by atoms with van der Waals surface area (Å²) < 4.78 is 2.82. The molecule has 1 aromatic carbocycles. The van der Waals surface area contributed by atoms with Gasteiger partial charge in [0.1, 0.15) is 5.69 Å². The molecule has 2 rings (SSSR count). The number of imidazole rings is 1. The van der Waals surface area contributed by atoms with Crippen molar-refractivity contribution >= 4 is 28.4 Å². The van der Waals surface area contributed by atoms with Crippen LogP contribution in [0.5, 0.6) is 0 Å². The van der Waals surface area contributed by atoms with Crippen molar-refractivity contribution in [1.82, 2.24) is 9.55 Å². The maximum absolute atomic E-state index is 11.9. The Morgan fingerprint density at radius 1 is 1.47 bits per heavy atom. The van der Waals surface area contributed by atoms with Crippen LogP contribution in [0.15, 0.2) is 36.8 Å². The zero-order valence-electron chi connectivity index (χ0n) is 8.14. The zero-order valence-corrected chi connectivity index (χ0v) is 10.3. The molecule has 0 fully saturated rings. The van der Waals surface area contributed by atoms with Gasteiger partial charge in [0.2, 0.25) is 5.78 Å². The van der Waals surface area contributed by atoms with Crippen LogP contribution >= 0.6 is 22.6 Å². The monoisotopic (exact) mass is 312 g/mol. The molecule has 3 nitrogen and oxygen atoms in total. The van der Waals surface area contributed by atoms with Crippen LogP contribution < -0.4 is 0 Å². The average molecular weight is 312 g/mol. The number of aromatic nitrogens is 2. The molecule has 1 aromatic heterocycles. The summed E-state index contributed by atoms with van der Waals surface area (Å²) in [5.74, 6) is -0.0332. The van der Waals surface area contributed by atoms with Gasteiger partial charge in [0.15, 0.2) is 0 Å². The number of rotatable bonds is 2. The van der Waals surface area contributed by atoms with E-state index in [2.05, 4.69) is 27.6 Å². The molecule has 0 aliphatic carbocycles. The standard InChI is InChI=1S/C11H9IN2O/c1-14-6-10(13-7-14)11(15)8-3-2-4-9(12)5-8/h2-7H,1H3. The number of carbonyl (C=O) groups is 1. The normalized spacial score (nSPS) is 10.3. The van der Waals surface area contributed by atoms with E-state index in [1.165, 1.54) is 0 Å². The summed E-state index contributed by atoms with van der Waals surface area (Å²) in [6, 6.07) is 7.49. The fraction of sp³-hybridized carbons (Fsp3) is 0.0909. The van der Waals surface area contributed by atoms with Gasteiger partial charge in [0.25, 0.3) is 0 Å². The quantitative estimate of drug-likeness (QED) is 0.630. The van der Waals surface area contributed by atoms with E-state index < -0.39 is 0 Å². The summed E-state index contributed by atoms with van der Waals surface area (Å²) >= 11 is 2.19. The zero-order chi connectivity index (χ0) is 10.8. The molecule has 0 bridgehead atoms. The maximum atomic E-state index is 11.9. The number of nitrogens with zero attached hydrogens (tertiary/aromatic N) is 2. The molecular weight excluding hydrogens is 303 g/mol. The Bertz CT molecular complexity index is 505. The van der Waals surface area contributed by atoms with Gasteiger partial charge in [0, 0.05) is 22.4 Å². The van der Waals surface area contributed by atoms with E-state index in [-0.39, 0.29) is 5.78 Å². The lowest BCUT2D eigenvalue weighted by Crippen LogP contribution is -2.01. The molecule has 0 radical (unpaired) electrons. The lowest BCUT2D eigenvalue weighted by molar-refractivity contribution is 0.103. The summed E-state index contributed by atoms with van der Waals surface area (Å²) in [4.78, 5) is 16.0. The highest BCUT2D eigenvalue weighted by molar-refractivity contribution is 14.1. The van der Waals surface area contributed by atoms with Crippen molar-refractivity contribution in [2.45, 2.75) is 0 Å². The van der Waals surface area contributed by atoms with Crippen molar-refractivity contribution in [2.75, 3.05) is 0 Å². The van der Waals surface area contributed by atoms with Gasteiger partial charge in [0.05, 0.1) is 6.33 Å². The number of hydrogen-bond donors (Lipinski definition) is 0. The SMILES string of the molecule is Cn1cnc(C(=O)c2cccc(I)c2)c1. The summed E-state index contributed by atoms with van der Waals surface area (Å²) in [5, 5.41) is 0. The second kappa shape index (κ2) is 4.14. The van der Waals surface area contributed by atoms with Crippen LogP contribution in [0.1, 0.15) is 16.1 Å². The van der Waals surface area contributed by atoms with Gasteiger partial charge >= 0.3 is 0 Å². The second-order valence-corrected chi connectivity index (χ2v) is 4.51. The Morgan fingerprint density at radius 2 is 2.27 bits per heavy atom. The molecule has 4 heteroatoms. The smallest absolute Gasteiger partial charge is 0.212 e. The van der Waals surface area contributed by atoms with Gasteiger partial charge in [-0.05, 0) is 34.7 Å². The molecule has 2 aromatic rings. The molecule has 1 heterocycles. The minimum Gasteiger partial charge on any atom is -0.340 e. The Labute approximate surface area is 101 Å². The number of aryl methyl sites for hydroxylation is 1. The molecular formula is C11H9IN2O. The highest BCUT2D eigenvalue weighted by Crippen LogP contribution is 2.11. The first-order valence-electron chi connectivity index (χ1n) is 4.45. The van der Waals surface area contributed by atoms with Crippen LogP contribution in [0.4, 0.5) is 0 Å². The van der Waals surface area contributed by atoms with Crippen LogP contribution in [-0.4, -0.2) is 15.3 Å². The first-order valence-corrected chi connectivity index (χ1v) is 5.53. The van der Waals surface area contributed by atoms with Crippen LogP contribution in [0.3, 0.4) is 0 Å². The molecule has 0 amide bonds. The molecule has 15 heavy (non-hydrogen) atoms. The fourth-order valence-corrected chi connectivity index (χ4v) is 1.85. The highest BCUT2D eigenvalue weighted by atomic mass is 127. The Kier molecular flexibility index (Phi) is 2.86. The molecule has 0 saturated heterocycles. The number of carbonyl (C=O) groups excluding carboxylic acids is 1. The van der Waals surface area contributed by atoms with E-state index in [1.54, 1.807) is 23.2 Å². The maximum Gasteiger partial charge on any atom is 0.212 e. The van der Waals surface area contributed by atoms with Gasteiger partial charge in [-0.3, -0.25) is 4.79 Å². The summed E-state index contributed by atoms with van der Waals surface area (Å²) in [7, 11) is 1.85. The largest absolute Gasteiger partial charge is 0.340 e. The minimum atomic E-state index is -0.0332. The molecule has 0 aliphatic heterocycles. The first kappa shape index (κ1) is 10.4. The summed E-state index contributed by atoms with van der Waals surface area (Å²) in [5.41, 5.74) is 1.17. The minimum absolute atomic E-state index is 0.0332. The van der Waals surface area contributed by atoms with E-state index in [9.17, 15) is 4.79 Å². The van der Waals surface area contributed by atoms with E-state index >= 15 is 0 Å². The van der Waals surface area contributed by atoms with Crippen LogP contribution in [0.25, 0.3) is 0 Å². The Morgan fingerprint density at radius 3 is 2.87 bits per heavy atom. The number of ketones is 1. The summed E-state index contributed by atoms with van der Waals surface area (Å²) in [6.07, 6.45) is 3.35. The predicted octanol–water partition coefficient (Wildman–Crippen LogP) is 2.26. The first-order chi connectivity index (χ1) is 7.16. The average Bonchev–Trinajstić information content (AvgIpc) is 2.64. The van der Waals surface area contributed by atoms with Crippen molar-refractivity contribution in [3.63, 3.8) is 0 Å². The van der Waals surface area contributed by atoms with Crippen LogP contribution in [-0.2, 0) is 7.05 Å². The second-order valence-electron chi connectivity index (χ2n) is 3.26. The highest BCUT2D eigenvalue weighted by Gasteiger charge is 2.11. The van der Waals surface area contributed by atoms with Crippen molar-refractivity contribution in [3.8, 4) is 0 Å². The topological polar surface area (TPSA) is 34.9 Å². The number of halogens is 1. The molecule has 0 spiro atoms. The lowest BCUT2D eigenvalue weighted by Gasteiger charge is -1.97. The lowest BCUT2D eigenvalue weighted by atomic mass is 10.1. The molecule has 0 N–H and O–H groups in total. The number of hydrogen-bond acceptors (Lipinski definition) is 2. The molecule has 0 atom stereocenters. The van der Waals surface area contributed by atoms with Gasteiger partial charge in [-0.2, -0.15) is 0 Å². The summed E-state index contributed by atoms with van der Waals surface area (Å²) in [6.45, 7) is 0. The van der Waals surface area contributed by atoms with E-state index in [0.29, 0.717) is 11.3 Å². The Balaban J connectivity index is 2.36. The molecule has 0 saturated carbocycles. The predicted molar refractivity (Wildman–Crippen MR) is 65.8 cm³/mol. The molecule has 0 aliphatic rings. The van der Waals surface area contributed by atoms with Crippen LogP contribution in [0, 0.1) is 3.57 Å². The third-order valence-corrected chi connectivity index (χ3v) is 2.70. The molecule has 76 valence electrons. The van der Waals surface area contributed by atoms with Crippen molar-refractivity contribution in [2.24, 2.45) is 7.05 Å².